The highest BCUT2D eigenvalue weighted by molar-refractivity contribution is 5.97. The largest absolute Gasteiger partial charge is 0.480 e. The van der Waals surface area contributed by atoms with E-state index in [0.717, 1.165) is 0 Å². The number of nitrogens with zero attached hydrogens (tertiary/aromatic N) is 3. The van der Waals surface area contributed by atoms with Crippen molar-refractivity contribution in [2.45, 2.75) is 12.8 Å². The predicted molar refractivity (Wildman–Crippen MR) is 72.8 cm³/mol. The second kappa shape index (κ2) is 7.16. The normalized spacial score (nSPS) is 13.7. The van der Waals surface area contributed by atoms with E-state index in [1.807, 2.05) is 0 Å². The summed E-state index contributed by atoms with van der Waals surface area (Å²) < 4.78 is 15.2. The number of hydrogen-bond donors (Lipinski definition) is 1. The Morgan fingerprint density at radius 3 is 2.10 bits per heavy atom. The van der Waals surface area contributed by atoms with Crippen LogP contribution in [-0.2, 0) is 9.57 Å². The lowest BCUT2D eigenvalue weighted by atomic mass is 10.3. The minimum Gasteiger partial charge on any atom is -0.480 e. The summed E-state index contributed by atoms with van der Waals surface area (Å²) in [5.74, 6) is -1.60. The van der Waals surface area contributed by atoms with Gasteiger partial charge in [0.25, 0.3) is 5.91 Å². The first-order chi connectivity index (χ1) is 9.89. The predicted octanol–water partition coefficient (Wildman–Crippen LogP) is 0.0369. The van der Waals surface area contributed by atoms with Gasteiger partial charge in [-0.1, -0.05) is 0 Å². The van der Waals surface area contributed by atoms with E-state index in [4.69, 9.17) is 19.0 Å². The molecule has 0 spiro atoms. The van der Waals surface area contributed by atoms with Crippen molar-refractivity contribution >= 4 is 5.91 Å². The summed E-state index contributed by atoms with van der Waals surface area (Å²) in [5, 5.41) is 0. The van der Waals surface area contributed by atoms with Crippen LogP contribution >= 0.6 is 0 Å². The van der Waals surface area contributed by atoms with E-state index in [-0.39, 0.29) is 17.3 Å². The average molecular weight is 300 g/mol. The van der Waals surface area contributed by atoms with E-state index in [9.17, 15) is 4.79 Å². The smallest absolute Gasteiger partial charge is 0.286 e. The number of ether oxygens (including phenoxy) is 3. The zero-order chi connectivity index (χ0) is 16.0. The zero-order valence-corrected chi connectivity index (χ0v) is 13.0. The summed E-state index contributed by atoms with van der Waals surface area (Å²) in [6.45, 7) is 1.64. The Kier molecular flexibility index (Phi) is 5.82. The highest BCUT2D eigenvalue weighted by Crippen LogP contribution is 2.23. The Morgan fingerprint density at radius 2 is 1.71 bits per heavy atom. The number of nitrogens with one attached hydrogen (secondary N) is 1. The highest BCUT2D eigenvalue weighted by atomic mass is 16.8. The first kappa shape index (κ1) is 17.1. The Balaban J connectivity index is 2.95. The van der Waals surface area contributed by atoms with Crippen molar-refractivity contribution in [2.75, 3.05) is 35.4 Å². The van der Waals surface area contributed by atoms with E-state index in [1.54, 1.807) is 25.9 Å². The quantitative estimate of drug-likeness (QED) is 0.557. The fourth-order valence-electron chi connectivity index (χ4n) is 1.37. The molecule has 0 aliphatic rings. The van der Waals surface area contributed by atoms with E-state index < -0.39 is 11.8 Å². The van der Waals surface area contributed by atoms with E-state index in [1.165, 1.54) is 27.7 Å². The third-order valence-corrected chi connectivity index (χ3v) is 2.92. The second-order valence-electron chi connectivity index (χ2n) is 4.30. The second-order valence-corrected chi connectivity index (χ2v) is 4.30. The fraction of sp³-hybridized carbons (Fsp3) is 0.583. The zero-order valence-electron chi connectivity index (χ0n) is 13.0. The van der Waals surface area contributed by atoms with Gasteiger partial charge >= 0.3 is 0 Å². The van der Waals surface area contributed by atoms with Crippen molar-refractivity contribution in [3.63, 3.8) is 0 Å². The minimum atomic E-state index is -1.13. The lowest BCUT2D eigenvalue weighted by Gasteiger charge is -2.33. The fourth-order valence-corrected chi connectivity index (χ4v) is 1.37. The van der Waals surface area contributed by atoms with Crippen molar-refractivity contribution in [3.05, 3.63) is 11.9 Å². The molecular formula is C12H20N4O5. The molecule has 21 heavy (non-hydrogen) atoms. The van der Waals surface area contributed by atoms with Crippen LogP contribution < -0.4 is 15.0 Å². The number of methoxy groups -OCH3 is 3. The topological polar surface area (TPSA) is 95.0 Å². The third kappa shape index (κ3) is 3.78. The number of hydroxylamine groups is 1. The Labute approximate surface area is 123 Å². The van der Waals surface area contributed by atoms with Gasteiger partial charge in [0.15, 0.2) is 5.56 Å². The van der Waals surface area contributed by atoms with Crippen molar-refractivity contribution in [1.82, 2.24) is 20.3 Å². The Morgan fingerprint density at radius 1 is 1.19 bits per heavy atom. The van der Waals surface area contributed by atoms with Gasteiger partial charge in [-0.3, -0.25) is 9.69 Å². The molecule has 1 heterocycles. The van der Waals surface area contributed by atoms with Gasteiger partial charge in [0.1, 0.15) is 6.33 Å². The van der Waals surface area contributed by atoms with Crippen molar-refractivity contribution in [3.8, 4) is 11.8 Å². The first-order valence-electron chi connectivity index (χ1n) is 6.03. The molecule has 9 heteroatoms. The number of hydrogen-bond acceptors (Lipinski definition) is 8. The monoisotopic (exact) mass is 300 g/mol. The van der Waals surface area contributed by atoms with Crippen LogP contribution in [-0.4, -0.2) is 62.1 Å². The minimum absolute atomic E-state index is 0.0275. The Bertz CT molecular complexity index is 474. The van der Waals surface area contributed by atoms with Crippen molar-refractivity contribution in [1.29, 1.82) is 0 Å². The maximum absolute atomic E-state index is 12.2. The molecule has 0 bridgehead atoms. The summed E-state index contributed by atoms with van der Waals surface area (Å²) in [5.41, 5.74) is 2.30. The number of aromatic nitrogens is 2. The summed E-state index contributed by atoms with van der Waals surface area (Å²) in [7, 11) is 7.71. The van der Waals surface area contributed by atoms with Crippen LogP contribution in [0, 0.1) is 0 Å². The number of carbonyl (C=O) groups is 1. The molecule has 0 aromatic carbocycles. The Hall–Kier alpha value is -1.97. The van der Waals surface area contributed by atoms with Gasteiger partial charge < -0.3 is 14.2 Å². The molecule has 1 amide bonds. The number of rotatable bonds is 7. The summed E-state index contributed by atoms with van der Waals surface area (Å²) in [4.78, 5) is 26.9. The molecule has 1 aromatic rings. The molecule has 1 atom stereocenters. The van der Waals surface area contributed by atoms with Gasteiger partial charge in [-0.05, 0) is 14.1 Å². The lowest BCUT2D eigenvalue weighted by molar-refractivity contribution is -0.302. The molecule has 1 rings (SSSR count). The standard InChI is InChI=1S/C12H20N4O5/c1-12(20-6,16(2)3)21-15-9(17)8-10(18-4)13-7-14-11(8)19-5/h7H,1-6H3,(H,15,17). The molecule has 0 aliphatic carbocycles. The van der Waals surface area contributed by atoms with Crippen LogP contribution in [0.3, 0.4) is 0 Å². The maximum atomic E-state index is 12.2. The highest BCUT2D eigenvalue weighted by Gasteiger charge is 2.30. The molecule has 0 saturated carbocycles. The van der Waals surface area contributed by atoms with Crippen LogP contribution in [0.15, 0.2) is 6.33 Å². The van der Waals surface area contributed by atoms with Gasteiger partial charge in [0.05, 0.1) is 14.2 Å². The molecule has 1 unspecified atom stereocenters. The van der Waals surface area contributed by atoms with Crippen LogP contribution in [0.1, 0.15) is 17.3 Å². The summed E-state index contributed by atoms with van der Waals surface area (Å²) in [6, 6.07) is 0. The molecule has 9 nitrogen and oxygen atoms in total. The van der Waals surface area contributed by atoms with Crippen LogP contribution in [0.2, 0.25) is 0 Å². The van der Waals surface area contributed by atoms with Crippen LogP contribution in [0.5, 0.6) is 11.8 Å². The first-order valence-corrected chi connectivity index (χ1v) is 6.03. The SMILES string of the molecule is COc1ncnc(OC)c1C(=O)NOC(C)(OC)N(C)C. The summed E-state index contributed by atoms with van der Waals surface area (Å²) in [6.07, 6.45) is 1.23. The third-order valence-electron chi connectivity index (χ3n) is 2.92. The average Bonchev–Trinajstić information content (AvgIpc) is 2.50. The van der Waals surface area contributed by atoms with Gasteiger partial charge in [-0.2, -0.15) is 0 Å². The van der Waals surface area contributed by atoms with Gasteiger partial charge in [0, 0.05) is 14.0 Å². The molecule has 118 valence electrons. The van der Waals surface area contributed by atoms with Gasteiger partial charge in [-0.25, -0.2) is 20.3 Å². The molecule has 0 radical (unpaired) electrons. The van der Waals surface area contributed by atoms with Crippen LogP contribution in [0.4, 0.5) is 0 Å². The maximum Gasteiger partial charge on any atom is 0.286 e. The molecule has 0 saturated heterocycles. The van der Waals surface area contributed by atoms with E-state index in [0.29, 0.717) is 0 Å². The van der Waals surface area contributed by atoms with Crippen LogP contribution in [0.25, 0.3) is 0 Å². The van der Waals surface area contributed by atoms with E-state index >= 15 is 0 Å². The molecule has 1 aromatic heterocycles. The van der Waals surface area contributed by atoms with Crippen molar-refractivity contribution in [2.24, 2.45) is 0 Å². The molecular weight excluding hydrogens is 280 g/mol. The van der Waals surface area contributed by atoms with Gasteiger partial charge in [-0.15, -0.1) is 0 Å². The summed E-state index contributed by atoms with van der Waals surface area (Å²) >= 11 is 0. The lowest BCUT2D eigenvalue weighted by Crippen LogP contribution is -2.50. The van der Waals surface area contributed by atoms with Crippen molar-refractivity contribution < 1.29 is 23.8 Å². The number of carbonyl (C=O) groups excluding carboxylic acids is 1. The van der Waals surface area contributed by atoms with E-state index in [2.05, 4.69) is 15.4 Å². The molecule has 0 aliphatic heterocycles. The molecule has 1 N–H and O–H groups in total. The van der Waals surface area contributed by atoms with Gasteiger partial charge in [0.2, 0.25) is 17.7 Å². The number of amides is 1. The molecule has 0 fully saturated rings.